The first-order chi connectivity index (χ1) is 13.0. The Hall–Kier alpha value is -2.76. The molecule has 0 saturated carbocycles. The zero-order valence-corrected chi connectivity index (χ0v) is 15.6. The summed E-state index contributed by atoms with van der Waals surface area (Å²) in [5.41, 5.74) is 1.20. The van der Waals surface area contributed by atoms with Crippen LogP contribution >= 0.6 is 0 Å². The molecule has 2 heterocycles. The lowest BCUT2D eigenvalue weighted by Crippen LogP contribution is -2.44. The second kappa shape index (κ2) is 7.86. The number of rotatable bonds is 8. The molecule has 1 aromatic heterocycles. The maximum absolute atomic E-state index is 12.8. The first-order valence-electron chi connectivity index (χ1n) is 9.45. The molecule has 27 heavy (non-hydrogen) atoms. The van der Waals surface area contributed by atoms with Crippen LogP contribution in [0.2, 0.25) is 0 Å². The number of furan rings is 1. The van der Waals surface area contributed by atoms with Crippen molar-refractivity contribution in [3.05, 3.63) is 47.4 Å². The molecule has 6 nitrogen and oxygen atoms in total. The number of carboxylic acids is 1. The number of hydrogen-bond acceptors (Lipinski definition) is 4. The molecule has 1 aromatic carbocycles. The molecule has 1 aliphatic heterocycles. The highest BCUT2D eigenvalue weighted by atomic mass is 16.4. The maximum Gasteiger partial charge on any atom is 0.326 e. The van der Waals surface area contributed by atoms with Gasteiger partial charge in [-0.3, -0.25) is 4.79 Å². The summed E-state index contributed by atoms with van der Waals surface area (Å²) in [6.07, 6.45) is 3.06. The third-order valence-corrected chi connectivity index (χ3v) is 5.03. The van der Waals surface area contributed by atoms with Gasteiger partial charge in [0.1, 0.15) is 23.4 Å². The number of aliphatic hydroxyl groups is 1. The van der Waals surface area contributed by atoms with Gasteiger partial charge in [-0.05, 0) is 25.0 Å². The second-order valence-electron chi connectivity index (χ2n) is 6.92. The smallest absolute Gasteiger partial charge is 0.326 e. The van der Waals surface area contributed by atoms with Crippen molar-refractivity contribution in [3.8, 4) is 0 Å². The Morgan fingerprint density at radius 3 is 2.63 bits per heavy atom. The van der Waals surface area contributed by atoms with Crippen LogP contribution in [0, 0.1) is 0 Å². The van der Waals surface area contributed by atoms with Crippen molar-refractivity contribution in [2.75, 3.05) is 0 Å². The number of carboxylic acid groups (broad SMARTS) is 1. The fourth-order valence-corrected chi connectivity index (χ4v) is 3.75. The summed E-state index contributed by atoms with van der Waals surface area (Å²) in [6.45, 7) is 3.93. The number of carbonyl (C=O) groups excluding carboxylic acids is 1. The van der Waals surface area contributed by atoms with Crippen LogP contribution in [0.1, 0.15) is 57.8 Å². The Labute approximate surface area is 158 Å². The quantitative estimate of drug-likeness (QED) is 0.709. The van der Waals surface area contributed by atoms with E-state index in [0.717, 1.165) is 18.2 Å². The molecule has 0 spiro atoms. The van der Waals surface area contributed by atoms with E-state index < -0.39 is 24.0 Å². The third kappa shape index (κ3) is 3.44. The van der Waals surface area contributed by atoms with E-state index in [1.54, 1.807) is 0 Å². The minimum atomic E-state index is -1.07. The summed E-state index contributed by atoms with van der Waals surface area (Å²) >= 11 is 0. The molecule has 0 bridgehead atoms. The molecule has 144 valence electrons. The third-order valence-electron chi connectivity index (χ3n) is 5.03. The lowest BCUT2D eigenvalue weighted by Gasteiger charge is -2.30. The van der Waals surface area contributed by atoms with Crippen molar-refractivity contribution in [2.45, 2.75) is 58.0 Å². The number of unbranched alkanes of at least 4 members (excludes halogenated alkanes) is 1. The fourth-order valence-electron chi connectivity index (χ4n) is 3.75. The van der Waals surface area contributed by atoms with Gasteiger partial charge in [-0.25, -0.2) is 4.79 Å². The highest BCUT2D eigenvalue weighted by molar-refractivity contribution is 5.98. The molecule has 0 saturated heterocycles. The summed E-state index contributed by atoms with van der Waals surface area (Å²) in [5.74, 6) is -1.55. The Bertz CT molecular complexity index is 849. The van der Waals surface area contributed by atoms with E-state index in [0.29, 0.717) is 36.2 Å². The van der Waals surface area contributed by atoms with Gasteiger partial charge in [-0.15, -0.1) is 0 Å². The second-order valence-corrected chi connectivity index (χ2v) is 6.92. The highest BCUT2D eigenvalue weighted by Crippen LogP contribution is 2.43. The van der Waals surface area contributed by atoms with Crippen LogP contribution in [0.5, 0.6) is 0 Å². The summed E-state index contributed by atoms with van der Waals surface area (Å²) in [4.78, 5) is 26.0. The van der Waals surface area contributed by atoms with Crippen LogP contribution in [0.25, 0.3) is 11.0 Å². The first-order valence-corrected chi connectivity index (χ1v) is 9.45. The van der Waals surface area contributed by atoms with E-state index in [1.165, 1.54) is 4.90 Å². The van der Waals surface area contributed by atoms with Crippen LogP contribution < -0.4 is 0 Å². The Balaban J connectivity index is 2.10. The number of para-hydroxylation sites is 1. The topological polar surface area (TPSA) is 91.0 Å². The molecular weight excluding hydrogens is 346 g/mol. The van der Waals surface area contributed by atoms with Crippen molar-refractivity contribution < 1.29 is 24.2 Å². The van der Waals surface area contributed by atoms with Crippen molar-refractivity contribution in [2.24, 2.45) is 0 Å². The fraction of sp³-hybridized carbons (Fsp3) is 0.429. The number of fused-ring (bicyclic) bond motifs is 1. The van der Waals surface area contributed by atoms with E-state index in [2.05, 4.69) is 0 Å². The van der Waals surface area contributed by atoms with E-state index in [1.807, 2.05) is 44.2 Å². The Kier molecular flexibility index (Phi) is 5.54. The van der Waals surface area contributed by atoms with E-state index in [-0.39, 0.29) is 5.76 Å². The summed E-state index contributed by atoms with van der Waals surface area (Å²) in [5, 5.41) is 21.1. The molecule has 2 aromatic rings. The molecule has 0 radical (unpaired) electrons. The van der Waals surface area contributed by atoms with Crippen molar-refractivity contribution >= 4 is 22.8 Å². The van der Waals surface area contributed by atoms with Crippen LogP contribution in [0.15, 0.2) is 46.1 Å². The molecule has 2 unspecified atom stereocenters. The average molecular weight is 371 g/mol. The van der Waals surface area contributed by atoms with Gasteiger partial charge in [0.05, 0.1) is 0 Å². The molecule has 6 heteroatoms. The van der Waals surface area contributed by atoms with Crippen LogP contribution in [0.4, 0.5) is 0 Å². The Morgan fingerprint density at radius 2 is 2.00 bits per heavy atom. The van der Waals surface area contributed by atoms with Gasteiger partial charge >= 0.3 is 5.97 Å². The molecule has 3 rings (SSSR count). The molecule has 0 fully saturated rings. The van der Waals surface area contributed by atoms with Crippen LogP contribution in [0.3, 0.4) is 0 Å². The number of nitrogens with zero attached hydrogens (tertiary/aromatic N) is 1. The van der Waals surface area contributed by atoms with Gasteiger partial charge in [-0.2, -0.15) is 0 Å². The molecule has 2 N–H and O–H groups in total. The first kappa shape index (κ1) is 19.0. The average Bonchev–Trinajstić information content (AvgIpc) is 3.17. The zero-order valence-electron chi connectivity index (χ0n) is 15.6. The number of amides is 1. The van der Waals surface area contributed by atoms with Gasteiger partial charge in [0.2, 0.25) is 0 Å². The summed E-state index contributed by atoms with van der Waals surface area (Å²) < 4.78 is 5.96. The number of carbonyl (C=O) groups is 2. The normalized spacial score (nSPS) is 18.5. The van der Waals surface area contributed by atoms with E-state index in [9.17, 15) is 19.8 Å². The number of benzene rings is 1. The van der Waals surface area contributed by atoms with Crippen molar-refractivity contribution in [3.63, 3.8) is 0 Å². The van der Waals surface area contributed by atoms with Crippen LogP contribution in [-0.4, -0.2) is 33.0 Å². The van der Waals surface area contributed by atoms with Gasteiger partial charge in [0, 0.05) is 11.0 Å². The molecule has 2 atom stereocenters. The van der Waals surface area contributed by atoms with Crippen molar-refractivity contribution in [1.82, 2.24) is 4.90 Å². The minimum absolute atomic E-state index is 0.334. The van der Waals surface area contributed by atoms with Crippen LogP contribution in [-0.2, 0) is 9.59 Å². The summed E-state index contributed by atoms with van der Waals surface area (Å²) in [7, 11) is 0. The van der Waals surface area contributed by atoms with Gasteiger partial charge in [0.15, 0.2) is 5.76 Å². The minimum Gasteiger partial charge on any atom is -0.503 e. The molecular formula is C21H25NO5. The largest absolute Gasteiger partial charge is 0.503 e. The SMILES string of the molecule is CCCCC(C(=O)O)N1C(=O)C(O)=C(CCC)C1c1cc2ccccc2o1. The monoisotopic (exact) mass is 371 g/mol. The van der Waals surface area contributed by atoms with Gasteiger partial charge in [0.25, 0.3) is 5.91 Å². The summed E-state index contributed by atoms with van der Waals surface area (Å²) in [6, 6.07) is 7.60. The van der Waals surface area contributed by atoms with Crippen molar-refractivity contribution in [1.29, 1.82) is 0 Å². The van der Waals surface area contributed by atoms with E-state index >= 15 is 0 Å². The van der Waals surface area contributed by atoms with Gasteiger partial charge < -0.3 is 19.5 Å². The van der Waals surface area contributed by atoms with E-state index in [4.69, 9.17) is 4.42 Å². The number of aliphatic hydroxyl groups excluding tert-OH is 1. The lowest BCUT2D eigenvalue weighted by atomic mass is 9.98. The molecule has 1 aliphatic rings. The molecule has 0 aliphatic carbocycles. The Morgan fingerprint density at radius 1 is 1.26 bits per heavy atom. The number of aliphatic carboxylic acids is 1. The lowest BCUT2D eigenvalue weighted by molar-refractivity contribution is -0.150. The maximum atomic E-state index is 12.8. The number of hydrogen-bond donors (Lipinski definition) is 2. The highest BCUT2D eigenvalue weighted by Gasteiger charge is 2.46. The molecule has 1 amide bonds. The predicted molar refractivity (Wildman–Crippen MR) is 101 cm³/mol. The predicted octanol–water partition coefficient (Wildman–Crippen LogP) is 4.57. The zero-order chi connectivity index (χ0) is 19.6. The van der Waals surface area contributed by atoms with Gasteiger partial charge in [-0.1, -0.05) is 51.3 Å². The standard InChI is InChI=1S/C21H25NO5/c1-3-5-10-15(21(25)26)22-18(14(8-4-2)19(23)20(22)24)17-12-13-9-6-7-11-16(13)27-17/h6-7,9,11-12,15,18,23H,3-5,8,10H2,1-2H3,(H,25,26).